The zero-order chi connectivity index (χ0) is 20.4. The first-order valence-corrected chi connectivity index (χ1v) is 11.4. The SMILES string of the molecule is O=C(CCCNC(=O)C12CC3CC(CC(C3)C1)C2)Nc1ccccc1SC(F)F. The van der Waals surface area contributed by atoms with Crippen molar-refractivity contribution in [3.05, 3.63) is 24.3 Å². The number of hydrogen-bond acceptors (Lipinski definition) is 3. The number of carbonyl (C=O) groups is 2. The van der Waals surface area contributed by atoms with Gasteiger partial charge in [-0.2, -0.15) is 8.78 Å². The molecule has 0 atom stereocenters. The number of amides is 2. The van der Waals surface area contributed by atoms with E-state index in [0.717, 1.165) is 37.0 Å². The van der Waals surface area contributed by atoms with Gasteiger partial charge in [-0.15, -0.1) is 0 Å². The highest BCUT2D eigenvalue weighted by Gasteiger charge is 2.54. The number of halogens is 2. The summed E-state index contributed by atoms with van der Waals surface area (Å²) in [5.41, 5.74) is 0.239. The van der Waals surface area contributed by atoms with E-state index >= 15 is 0 Å². The highest BCUT2D eigenvalue weighted by atomic mass is 32.2. The molecule has 7 heteroatoms. The Kier molecular flexibility index (Phi) is 6.13. The van der Waals surface area contributed by atoms with E-state index in [1.54, 1.807) is 24.3 Å². The van der Waals surface area contributed by atoms with Crippen LogP contribution in [0.1, 0.15) is 51.4 Å². The summed E-state index contributed by atoms with van der Waals surface area (Å²) in [4.78, 5) is 25.4. The molecule has 2 amide bonds. The summed E-state index contributed by atoms with van der Waals surface area (Å²) < 4.78 is 25.3. The molecule has 4 fully saturated rings. The lowest BCUT2D eigenvalue weighted by Crippen LogP contribution is -2.53. The van der Waals surface area contributed by atoms with E-state index in [4.69, 9.17) is 0 Å². The minimum atomic E-state index is -2.53. The van der Waals surface area contributed by atoms with Crippen LogP contribution < -0.4 is 10.6 Å². The van der Waals surface area contributed by atoms with E-state index in [1.807, 2.05) is 0 Å². The van der Waals surface area contributed by atoms with Crippen molar-refractivity contribution >= 4 is 29.3 Å². The van der Waals surface area contributed by atoms with Gasteiger partial charge in [-0.05, 0) is 74.8 Å². The first kappa shape index (κ1) is 20.6. The molecule has 0 aliphatic heterocycles. The molecular formula is C22H28F2N2O2S. The van der Waals surface area contributed by atoms with E-state index in [2.05, 4.69) is 10.6 Å². The van der Waals surface area contributed by atoms with E-state index < -0.39 is 5.76 Å². The van der Waals surface area contributed by atoms with Crippen molar-refractivity contribution in [2.24, 2.45) is 23.2 Å². The fraction of sp³-hybridized carbons (Fsp3) is 0.636. The third-order valence-corrected chi connectivity index (χ3v) is 7.55. The predicted molar refractivity (Wildman–Crippen MR) is 110 cm³/mol. The summed E-state index contributed by atoms with van der Waals surface area (Å²) in [6.45, 7) is 0.474. The molecule has 4 nitrogen and oxygen atoms in total. The summed E-state index contributed by atoms with van der Waals surface area (Å²) in [5, 5.41) is 5.78. The standard InChI is InChI=1S/C22H28F2N2O2S/c23-21(24)29-18-5-2-1-4-17(18)26-19(27)6-3-7-25-20(28)22-11-14-8-15(12-22)10-16(9-14)13-22/h1-2,4-5,14-16,21H,3,6-13H2,(H,25,28)(H,26,27). The molecule has 4 aliphatic rings. The Morgan fingerprint density at radius 3 is 2.31 bits per heavy atom. The minimum absolute atomic E-state index is 0.164. The van der Waals surface area contributed by atoms with Crippen LogP contribution in [0.5, 0.6) is 0 Å². The van der Waals surface area contributed by atoms with E-state index in [0.29, 0.717) is 35.3 Å². The van der Waals surface area contributed by atoms with Gasteiger partial charge in [-0.3, -0.25) is 9.59 Å². The first-order valence-electron chi connectivity index (χ1n) is 10.6. The van der Waals surface area contributed by atoms with Gasteiger partial charge in [-0.1, -0.05) is 23.9 Å². The molecule has 158 valence electrons. The molecule has 4 saturated carbocycles. The zero-order valence-electron chi connectivity index (χ0n) is 16.5. The van der Waals surface area contributed by atoms with Crippen molar-refractivity contribution in [3.63, 3.8) is 0 Å². The number of carbonyl (C=O) groups excluding carboxylic acids is 2. The predicted octanol–water partition coefficient (Wildman–Crippen LogP) is 5.05. The van der Waals surface area contributed by atoms with Crippen LogP contribution in [0.3, 0.4) is 0 Å². The van der Waals surface area contributed by atoms with Gasteiger partial charge < -0.3 is 10.6 Å². The Balaban J connectivity index is 1.22. The second-order valence-corrected chi connectivity index (χ2v) is 10.0. The minimum Gasteiger partial charge on any atom is -0.356 e. The zero-order valence-corrected chi connectivity index (χ0v) is 17.3. The lowest BCUT2D eigenvalue weighted by atomic mass is 9.49. The van der Waals surface area contributed by atoms with Crippen LogP contribution in [-0.2, 0) is 9.59 Å². The topological polar surface area (TPSA) is 58.2 Å². The lowest BCUT2D eigenvalue weighted by Gasteiger charge is -2.55. The Labute approximate surface area is 174 Å². The summed E-state index contributed by atoms with van der Waals surface area (Å²) in [6, 6.07) is 6.56. The van der Waals surface area contributed by atoms with Crippen molar-refractivity contribution in [3.8, 4) is 0 Å². The summed E-state index contributed by atoms with van der Waals surface area (Å²) in [7, 11) is 0. The fourth-order valence-electron chi connectivity index (χ4n) is 6.01. The molecule has 29 heavy (non-hydrogen) atoms. The second-order valence-electron chi connectivity index (χ2n) is 8.98. The van der Waals surface area contributed by atoms with Crippen LogP contribution in [0.25, 0.3) is 0 Å². The largest absolute Gasteiger partial charge is 0.356 e. The Morgan fingerprint density at radius 1 is 1.07 bits per heavy atom. The van der Waals surface area contributed by atoms with Crippen LogP contribution in [0.4, 0.5) is 14.5 Å². The molecule has 0 saturated heterocycles. The quantitative estimate of drug-likeness (QED) is 0.455. The number of alkyl halides is 2. The van der Waals surface area contributed by atoms with Crippen LogP contribution >= 0.6 is 11.8 Å². The van der Waals surface area contributed by atoms with Crippen LogP contribution in [0, 0.1) is 23.2 Å². The van der Waals surface area contributed by atoms with E-state index in [-0.39, 0.29) is 23.7 Å². The Bertz CT molecular complexity index is 736. The van der Waals surface area contributed by atoms with Gasteiger partial charge >= 0.3 is 0 Å². The van der Waals surface area contributed by atoms with Gasteiger partial charge in [0.25, 0.3) is 5.76 Å². The summed E-state index contributed by atoms with van der Waals surface area (Å²) in [6.07, 6.45) is 7.79. The maximum atomic E-state index is 12.9. The molecule has 1 aromatic rings. The molecule has 0 unspecified atom stereocenters. The molecule has 0 spiro atoms. The summed E-state index contributed by atoms with van der Waals surface area (Å²) >= 11 is 0.421. The van der Waals surface area contributed by atoms with Crippen LogP contribution in [0.15, 0.2) is 29.2 Å². The third kappa shape index (κ3) is 4.76. The number of para-hydroxylation sites is 1. The normalized spacial score (nSPS) is 29.8. The van der Waals surface area contributed by atoms with Crippen molar-refractivity contribution in [2.45, 2.75) is 62.0 Å². The first-order chi connectivity index (χ1) is 13.9. The van der Waals surface area contributed by atoms with E-state index in [1.165, 1.54) is 19.3 Å². The van der Waals surface area contributed by atoms with Crippen molar-refractivity contribution in [1.29, 1.82) is 0 Å². The molecule has 0 heterocycles. The summed E-state index contributed by atoms with van der Waals surface area (Å²) in [5.74, 6) is -0.406. The maximum Gasteiger partial charge on any atom is 0.288 e. The van der Waals surface area contributed by atoms with Crippen molar-refractivity contribution in [2.75, 3.05) is 11.9 Å². The van der Waals surface area contributed by atoms with Crippen LogP contribution in [-0.4, -0.2) is 24.1 Å². The maximum absolute atomic E-state index is 12.9. The number of thioether (sulfide) groups is 1. The highest BCUT2D eigenvalue weighted by molar-refractivity contribution is 7.99. The molecule has 1 aromatic carbocycles. The molecule has 4 aliphatic carbocycles. The number of anilines is 1. The monoisotopic (exact) mass is 422 g/mol. The smallest absolute Gasteiger partial charge is 0.288 e. The average molecular weight is 423 g/mol. The fourth-order valence-corrected chi connectivity index (χ4v) is 6.60. The van der Waals surface area contributed by atoms with Crippen molar-refractivity contribution in [1.82, 2.24) is 5.32 Å². The number of hydrogen-bond donors (Lipinski definition) is 2. The van der Waals surface area contributed by atoms with Gasteiger partial charge in [0.05, 0.1) is 5.69 Å². The van der Waals surface area contributed by atoms with Gasteiger partial charge in [0.15, 0.2) is 0 Å². The van der Waals surface area contributed by atoms with Gasteiger partial charge in [0, 0.05) is 23.3 Å². The van der Waals surface area contributed by atoms with Crippen molar-refractivity contribution < 1.29 is 18.4 Å². The number of rotatable bonds is 8. The molecule has 5 rings (SSSR count). The third-order valence-electron chi connectivity index (χ3n) is 6.76. The molecular weight excluding hydrogens is 394 g/mol. The number of benzene rings is 1. The van der Waals surface area contributed by atoms with Gasteiger partial charge in [0.2, 0.25) is 11.8 Å². The Hall–Kier alpha value is -1.63. The molecule has 0 aromatic heterocycles. The molecule has 0 radical (unpaired) electrons. The van der Waals surface area contributed by atoms with E-state index in [9.17, 15) is 18.4 Å². The number of nitrogens with one attached hydrogen (secondary N) is 2. The van der Waals surface area contributed by atoms with Gasteiger partial charge in [-0.25, -0.2) is 0 Å². The average Bonchev–Trinajstić information content (AvgIpc) is 2.65. The second kappa shape index (κ2) is 8.62. The highest BCUT2D eigenvalue weighted by Crippen LogP contribution is 2.60. The molecule has 2 N–H and O–H groups in total. The Morgan fingerprint density at radius 2 is 1.69 bits per heavy atom. The molecule has 4 bridgehead atoms. The lowest BCUT2D eigenvalue weighted by molar-refractivity contribution is -0.146. The van der Waals surface area contributed by atoms with Gasteiger partial charge in [0.1, 0.15) is 0 Å². The van der Waals surface area contributed by atoms with Crippen LogP contribution in [0.2, 0.25) is 0 Å².